The topological polar surface area (TPSA) is 87.3 Å². The Hall–Kier alpha value is -4.71. The van der Waals surface area contributed by atoms with Gasteiger partial charge in [-0.05, 0) is 73.9 Å². The van der Waals surface area contributed by atoms with Crippen LogP contribution in [0.25, 0.3) is 0 Å². The van der Waals surface area contributed by atoms with Gasteiger partial charge in [0.1, 0.15) is 0 Å². The van der Waals surface area contributed by atoms with Gasteiger partial charge in [0.05, 0.1) is 17.1 Å². The molecule has 0 saturated heterocycles. The summed E-state index contributed by atoms with van der Waals surface area (Å²) in [5, 5.41) is 8.96. The Bertz CT molecular complexity index is 1220. The summed E-state index contributed by atoms with van der Waals surface area (Å²) in [6.07, 6.45) is 0. The van der Waals surface area contributed by atoms with Crippen LogP contribution in [-0.4, -0.2) is 17.7 Å². The van der Waals surface area contributed by atoms with Crippen LogP contribution in [0.2, 0.25) is 0 Å². The predicted molar refractivity (Wildman–Crippen MR) is 144 cm³/mol. The quantitative estimate of drug-likeness (QED) is 0.302. The molecule has 6 heteroatoms. The molecule has 0 spiro atoms. The highest BCUT2D eigenvalue weighted by Crippen LogP contribution is 2.39. The first-order chi connectivity index (χ1) is 17.4. The Kier molecular flexibility index (Phi) is 7.25. The number of anilines is 3. The molecule has 0 aliphatic rings. The average Bonchev–Trinajstić information content (AvgIpc) is 2.92. The fourth-order valence-corrected chi connectivity index (χ4v) is 4.11. The van der Waals surface area contributed by atoms with Crippen molar-refractivity contribution in [3.8, 4) is 0 Å². The second-order valence-electron chi connectivity index (χ2n) is 8.46. The minimum Gasteiger partial charge on any atom is -0.321 e. The van der Waals surface area contributed by atoms with Crippen molar-refractivity contribution in [3.63, 3.8) is 0 Å². The summed E-state index contributed by atoms with van der Waals surface area (Å²) in [5.74, 6) is -0.857. The van der Waals surface area contributed by atoms with Crippen molar-refractivity contribution in [2.45, 2.75) is 20.8 Å². The Morgan fingerprint density at radius 3 is 0.861 bits per heavy atom. The molecule has 0 unspecified atom stereocenters. The van der Waals surface area contributed by atoms with Crippen molar-refractivity contribution >= 4 is 34.8 Å². The second-order valence-corrected chi connectivity index (χ2v) is 8.46. The molecule has 4 rings (SSSR count). The summed E-state index contributed by atoms with van der Waals surface area (Å²) >= 11 is 0. The zero-order valence-electron chi connectivity index (χ0n) is 20.4. The number of nitrogens with one attached hydrogen (secondary N) is 3. The fraction of sp³-hybridized carbons (Fsp3) is 0.100. The SMILES string of the molecule is Cc1c(NC(=O)c2ccccc2)c(C)c(NC(=O)c2ccccc2)c(C)c1NC(=O)c1ccccc1. The van der Waals surface area contributed by atoms with Gasteiger partial charge in [0.25, 0.3) is 17.7 Å². The summed E-state index contributed by atoms with van der Waals surface area (Å²) in [5.41, 5.74) is 5.16. The molecule has 0 heterocycles. The van der Waals surface area contributed by atoms with E-state index in [9.17, 15) is 14.4 Å². The van der Waals surface area contributed by atoms with Crippen molar-refractivity contribution in [2.24, 2.45) is 0 Å². The first kappa shape index (κ1) is 24.4. The van der Waals surface area contributed by atoms with Crippen LogP contribution in [0.5, 0.6) is 0 Å². The van der Waals surface area contributed by atoms with Crippen molar-refractivity contribution in [3.05, 3.63) is 124 Å². The molecule has 3 amide bonds. The molecule has 4 aromatic carbocycles. The van der Waals surface area contributed by atoms with E-state index in [1.54, 1.807) is 72.8 Å². The van der Waals surface area contributed by atoms with Crippen LogP contribution < -0.4 is 16.0 Å². The fourth-order valence-electron chi connectivity index (χ4n) is 4.11. The molecule has 3 N–H and O–H groups in total. The molecule has 0 aromatic heterocycles. The van der Waals surface area contributed by atoms with E-state index in [1.807, 2.05) is 39.0 Å². The molecule has 0 saturated carbocycles. The first-order valence-electron chi connectivity index (χ1n) is 11.6. The third-order valence-corrected chi connectivity index (χ3v) is 6.07. The van der Waals surface area contributed by atoms with E-state index in [0.29, 0.717) is 50.4 Å². The van der Waals surface area contributed by atoms with Crippen molar-refractivity contribution in [1.29, 1.82) is 0 Å². The Labute approximate surface area is 210 Å². The lowest BCUT2D eigenvalue weighted by atomic mass is 9.97. The molecule has 0 aliphatic heterocycles. The van der Waals surface area contributed by atoms with E-state index >= 15 is 0 Å². The van der Waals surface area contributed by atoms with Gasteiger partial charge in [0, 0.05) is 16.7 Å². The number of carbonyl (C=O) groups excluding carboxylic acids is 3. The lowest BCUT2D eigenvalue weighted by Crippen LogP contribution is -2.20. The predicted octanol–water partition coefficient (Wildman–Crippen LogP) is 6.37. The van der Waals surface area contributed by atoms with Gasteiger partial charge in [-0.25, -0.2) is 0 Å². The van der Waals surface area contributed by atoms with E-state index < -0.39 is 0 Å². The van der Waals surface area contributed by atoms with Crippen LogP contribution in [0.3, 0.4) is 0 Å². The molecule has 180 valence electrons. The molecule has 36 heavy (non-hydrogen) atoms. The van der Waals surface area contributed by atoms with Crippen LogP contribution in [-0.2, 0) is 0 Å². The highest BCUT2D eigenvalue weighted by Gasteiger charge is 2.22. The zero-order chi connectivity index (χ0) is 25.7. The number of benzene rings is 4. The largest absolute Gasteiger partial charge is 0.321 e. The van der Waals surface area contributed by atoms with E-state index in [0.717, 1.165) is 0 Å². The Balaban J connectivity index is 1.78. The standard InChI is InChI=1S/C30H27N3O3/c1-19-25(31-28(34)22-13-7-4-8-14-22)20(2)27(33-30(36)24-17-11-6-12-18-24)21(3)26(19)32-29(35)23-15-9-5-10-16-23/h4-18H,1-3H3,(H,31,34)(H,32,35)(H,33,36). The van der Waals surface area contributed by atoms with Crippen molar-refractivity contribution in [1.82, 2.24) is 0 Å². The minimum atomic E-state index is -0.286. The number of amides is 3. The smallest absolute Gasteiger partial charge is 0.255 e. The highest BCUT2D eigenvalue weighted by atomic mass is 16.2. The van der Waals surface area contributed by atoms with Crippen LogP contribution in [0.4, 0.5) is 17.1 Å². The van der Waals surface area contributed by atoms with Gasteiger partial charge in [-0.3, -0.25) is 14.4 Å². The van der Waals surface area contributed by atoms with Crippen molar-refractivity contribution < 1.29 is 14.4 Å². The molecule has 0 radical (unpaired) electrons. The molecule has 4 aromatic rings. The Morgan fingerprint density at radius 2 is 0.639 bits per heavy atom. The normalized spacial score (nSPS) is 10.4. The molecular formula is C30H27N3O3. The summed E-state index contributed by atoms with van der Waals surface area (Å²) in [6, 6.07) is 26.6. The molecular weight excluding hydrogens is 450 g/mol. The molecule has 0 fully saturated rings. The third kappa shape index (κ3) is 5.18. The molecule has 6 nitrogen and oxygen atoms in total. The third-order valence-electron chi connectivity index (χ3n) is 6.07. The van der Waals surface area contributed by atoms with Gasteiger partial charge >= 0.3 is 0 Å². The molecule has 0 atom stereocenters. The van der Waals surface area contributed by atoms with Crippen molar-refractivity contribution in [2.75, 3.05) is 16.0 Å². The molecule has 0 aliphatic carbocycles. The Morgan fingerprint density at radius 1 is 0.417 bits per heavy atom. The van der Waals surface area contributed by atoms with Gasteiger partial charge in [0.15, 0.2) is 0 Å². The lowest BCUT2D eigenvalue weighted by Gasteiger charge is -2.23. The van der Waals surface area contributed by atoms with E-state index in [4.69, 9.17) is 0 Å². The van der Waals surface area contributed by atoms with Crippen LogP contribution >= 0.6 is 0 Å². The maximum absolute atomic E-state index is 13.0. The van der Waals surface area contributed by atoms with Crippen LogP contribution in [0.15, 0.2) is 91.0 Å². The zero-order valence-corrected chi connectivity index (χ0v) is 20.4. The van der Waals surface area contributed by atoms with Gasteiger partial charge in [-0.15, -0.1) is 0 Å². The number of rotatable bonds is 6. The maximum Gasteiger partial charge on any atom is 0.255 e. The van der Waals surface area contributed by atoms with Gasteiger partial charge in [-0.1, -0.05) is 54.6 Å². The van der Waals surface area contributed by atoms with Crippen LogP contribution in [0, 0.1) is 20.8 Å². The van der Waals surface area contributed by atoms with Gasteiger partial charge in [0.2, 0.25) is 0 Å². The van der Waals surface area contributed by atoms with Gasteiger partial charge in [-0.2, -0.15) is 0 Å². The van der Waals surface area contributed by atoms with E-state index in [2.05, 4.69) is 16.0 Å². The minimum absolute atomic E-state index is 0.286. The first-order valence-corrected chi connectivity index (χ1v) is 11.6. The summed E-state index contributed by atoms with van der Waals surface area (Å²) in [6.45, 7) is 5.51. The van der Waals surface area contributed by atoms with Gasteiger partial charge < -0.3 is 16.0 Å². The summed E-state index contributed by atoms with van der Waals surface area (Å²) in [4.78, 5) is 39.1. The number of hydrogen-bond acceptors (Lipinski definition) is 3. The number of carbonyl (C=O) groups is 3. The maximum atomic E-state index is 13.0. The molecule has 0 bridgehead atoms. The van der Waals surface area contributed by atoms with Crippen LogP contribution in [0.1, 0.15) is 47.8 Å². The monoisotopic (exact) mass is 477 g/mol. The van der Waals surface area contributed by atoms with E-state index in [1.165, 1.54) is 0 Å². The summed E-state index contributed by atoms with van der Waals surface area (Å²) < 4.78 is 0. The number of hydrogen-bond donors (Lipinski definition) is 3. The highest BCUT2D eigenvalue weighted by molar-refractivity contribution is 6.11. The van der Waals surface area contributed by atoms with E-state index in [-0.39, 0.29) is 17.7 Å². The lowest BCUT2D eigenvalue weighted by molar-refractivity contribution is 0.101. The summed E-state index contributed by atoms with van der Waals surface area (Å²) in [7, 11) is 0. The average molecular weight is 478 g/mol. The second kappa shape index (κ2) is 10.7.